The molecular formula is C15H16FNO4. The van der Waals surface area contributed by atoms with Gasteiger partial charge in [0, 0.05) is 18.7 Å². The molecule has 1 unspecified atom stereocenters. The summed E-state index contributed by atoms with van der Waals surface area (Å²) in [4.78, 5) is 14.0. The van der Waals surface area contributed by atoms with E-state index in [1.807, 2.05) is 0 Å². The van der Waals surface area contributed by atoms with E-state index in [0.717, 1.165) is 0 Å². The molecule has 0 saturated carbocycles. The Morgan fingerprint density at radius 1 is 1.48 bits per heavy atom. The second kappa shape index (κ2) is 7.18. The minimum Gasteiger partial charge on any atom is -0.394 e. The first-order valence-corrected chi connectivity index (χ1v) is 6.56. The van der Waals surface area contributed by atoms with Gasteiger partial charge in [0.1, 0.15) is 12.4 Å². The first kappa shape index (κ1) is 15.4. The van der Waals surface area contributed by atoms with Crippen LogP contribution in [0.2, 0.25) is 0 Å². The third-order valence-electron chi connectivity index (χ3n) is 3.14. The summed E-state index contributed by atoms with van der Waals surface area (Å²) < 4.78 is 18.6. The van der Waals surface area contributed by atoms with Gasteiger partial charge < -0.3 is 19.8 Å². The highest BCUT2D eigenvalue weighted by Crippen LogP contribution is 2.15. The molecule has 0 aromatic heterocycles. The zero-order valence-electron chi connectivity index (χ0n) is 11.4. The number of aliphatic hydroxyl groups excluding tert-OH is 2. The number of ether oxygens (including phenoxy) is 1. The van der Waals surface area contributed by atoms with Crippen molar-refractivity contribution < 1.29 is 24.1 Å². The quantitative estimate of drug-likeness (QED) is 0.753. The van der Waals surface area contributed by atoms with E-state index in [-0.39, 0.29) is 36.8 Å². The monoisotopic (exact) mass is 293 g/mol. The predicted octanol–water partition coefficient (Wildman–Crippen LogP) is 0.00280. The molecule has 1 aliphatic heterocycles. The molecule has 2 rings (SSSR count). The van der Waals surface area contributed by atoms with Crippen molar-refractivity contribution >= 4 is 5.91 Å². The summed E-state index contributed by atoms with van der Waals surface area (Å²) in [5.41, 5.74) is 0.511. The molecule has 1 saturated heterocycles. The number of rotatable bonds is 2. The lowest BCUT2D eigenvalue weighted by molar-refractivity contribution is -0.0447. The normalized spacial score (nSPS) is 18.0. The second-order valence-corrected chi connectivity index (χ2v) is 4.58. The summed E-state index contributed by atoms with van der Waals surface area (Å²) in [7, 11) is 0. The first-order chi connectivity index (χ1) is 10.2. The van der Waals surface area contributed by atoms with Gasteiger partial charge in [-0.1, -0.05) is 11.8 Å². The molecule has 1 heterocycles. The Hall–Kier alpha value is -1.94. The van der Waals surface area contributed by atoms with E-state index >= 15 is 0 Å². The van der Waals surface area contributed by atoms with Crippen LogP contribution < -0.4 is 0 Å². The maximum Gasteiger partial charge on any atom is 0.255 e. The summed E-state index contributed by atoms with van der Waals surface area (Å²) >= 11 is 0. The summed E-state index contributed by atoms with van der Waals surface area (Å²) in [6.45, 7) is 0.494. The molecule has 112 valence electrons. The maximum atomic E-state index is 13.3. The van der Waals surface area contributed by atoms with Crippen molar-refractivity contribution in [3.63, 3.8) is 0 Å². The Bertz CT molecular complexity index is 579. The lowest BCUT2D eigenvalue weighted by Gasteiger charge is -2.32. The molecule has 21 heavy (non-hydrogen) atoms. The molecule has 0 aliphatic carbocycles. The first-order valence-electron chi connectivity index (χ1n) is 6.56. The SMILES string of the molecule is O=C(c1ccc(F)cc1C#CCO)N1CCOC(CO)C1. The van der Waals surface area contributed by atoms with Gasteiger partial charge >= 0.3 is 0 Å². The van der Waals surface area contributed by atoms with Gasteiger partial charge in [-0.2, -0.15) is 0 Å². The number of amides is 1. The number of hydrogen-bond donors (Lipinski definition) is 2. The molecule has 1 atom stereocenters. The van der Waals surface area contributed by atoms with E-state index in [4.69, 9.17) is 14.9 Å². The summed E-state index contributed by atoms with van der Waals surface area (Å²) in [5, 5.41) is 17.8. The van der Waals surface area contributed by atoms with Crippen molar-refractivity contribution in [3.05, 3.63) is 35.1 Å². The van der Waals surface area contributed by atoms with Crippen LogP contribution in [-0.4, -0.2) is 60.0 Å². The molecule has 0 spiro atoms. The van der Waals surface area contributed by atoms with Crippen LogP contribution in [-0.2, 0) is 4.74 Å². The van der Waals surface area contributed by atoms with E-state index in [1.165, 1.54) is 18.2 Å². The minimum atomic E-state index is -0.496. The highest BCUT2D eigenvalue weighted by molar-refractivity contribution is 5.96. The van der Waals surface area contributed by atoms with Crippen LogP contribution in [0.3, 0.4) is 0 Å². The number of hydrogen-bond acceptors (Lipinski definition) is 4. The van der Waals surface area contributed by atoms with Crippen LogP contribution in [0.15, 0.2) is 18.2 Å². The fourth-order valence-corrected chi connectivity index (χ4v) is 2.13. The third kappa shape index (κ3) is 3.79. The van der Waals surface area contributed by atoms with Crippen molar-refractivity contribution in [3.8, 4) is 11.8 Å². The Morgan fingerprint density at radius 2 is 2.29 bits per heavy atom. The molecule has 1 amide bonds. The van der Waals surface area contributed by atoms with Crippen molar-refractivity contribution in [2.24, 2.45) is 0 Å². The van der Waals surface area contributed by atoms with Crippen molar-refractivity contribution in [2.75, 3.05) is 32.9 Å². The number of aliphatic hydroxyl groups is 2. The number of nitrogens with zero attached hydrogens (tertiary/aromatic N) is 1. The van der Waals surface area contributed by atoms with Gasteiger partial charge in [-0.15, -0.1) is 0 Å². The molecule has 6 heteroatoms. The predicted molar refractivity (Wildman–Crippen MR) is 73.1 cm³/mol. The highest BCUT2D eigenvalue weighted by atomic mass is 19.1. The van der Waals surface area contributed by atoms with E-state index < -0.39 is 11.9 Å². The topological polar surface area (TPSA) is 70.0 Å². The average Bonchev–Trinajstić information content (AvgIpc) is 2.52. The minimum absolute atomic E-state index is 0.162. The molecule has 1 aromatic carbocycles. The number of halogens is 1. The summed E-state index contributed by atoms with van der Waals surface area (Å²) in [6, 6.07) is 3.74. The number of carbonyl (C=O) groups excluding carboxylic acids is 1. The molecule has 2 N–H and O–H groups in total. The number of benzene rings is 1. The van der Waals surface area contributed by atoms with Gasteiger partial charge in [-0.3, -0.25) is 4.79 Å². The van der Waals surface area contributed by atoms with Gasteiger partial charge in [0.25, 0.3) is 5.91 Å². The van der Waals surface area contributed by atoms with Crippen molar-refractivity contribution in [1.29, 1.82) is 0 Å². The molecule has 1 aliphatic rings. The van der Waals surface area contributed by atoms with E-state index in [0.29, 0.717) is 13.2 Å². The van der Waals surface area contributed by atoms with Gasteiger partial charge in [-0.05, 0) is 18.2 Å². The van der Waals surface area contributed by atoms with Gasteiger partial charge in [-0.25, -0.2) is 4.39 Å². The van der Waals surface area contributed by atoms with E-state index in [9.17, 15) is 9.18 Å². The Kier molecular flexibility index (Phi) is 5.28. The standard InChI is InChI=1S/C15H16FNO4/c16-12-3-4-14(11(8-12)2-1-6-18)15(20)17-5-7-21-13(9-17)10-19/h3-4,8,13,18-19H,5-7,9-10H2. The molecule has 1 fully saturated rings. The molecule has 1 aromatic rings. The summed E-state index contributed by atoms with van der Waals surface area (Å²) in [5.74, 6) is 4.21. The van der Waals surface area contributed by atoms with Crippen molar-refractivity contribution in [2.45, 2.75) is 6.10 Å². The van der Waals surface area contributed by atoms with Gasteiger partial charge in [0.2, 0.25) is 0 Å². The van der Waals surface area contributed by atoms with Crippen LogP contribution >= 0.6 is 0 Å². The van der Waals surface area contributed by atoms with Crippen LogP contribution in [0.25, 0.3) is 0 Å². The maximum absolute atomic E-state index is 13.3. The lowest BCUT2D eigenvalue weighted by Crippen LogP contribution is -2.47. The highest BCUT2D eigenvalue weighted by Gasteiger charge is 2.25. The van der Waals surface area contributed by atoms with Crippen LogP contribution in [0, 0.1) is 17.7 Å². The zero-order valence-corrected chi connectivity index (χ0v) is 11.4. The van der Waals surface area contributed by atoms with E-state index in [1.54, 1.807) is 4.90 Å². The zero-order chi connectivity index (χ0) is 15.2. The number of carbonyl (C=O) groups is 1. The average molecular weight is 293 g/mol. The van der Waals surface area contributed by atoms with Crippen LogP contribution in [0.5, 0.6) is 0 Å². The molecular weight excluding hydrogens is 277 g/mol. The molecule has 0 radical (unpaired) electrons. The smallest absolute Gasteiger partial charge is 0.255 e. The Morgan fingerprint density at radius 3 is 3.00 bits per heavy atom. The lowest BCUT2D eigenvalue weighted by atomic mass is 10.1. The Labute approximate surface area is 121 Å². The van der Waals surface area contributed by atoms with Crippen molar-refractivity contribution in [1.82, 2.24) is 4.90 Å². The molecule has 5 nitrogen and oxygen atoms in total. The van der Waals surface area contributed by atoms with Crippen LogP contribution in [0.1, 0.15) is 15.9 Å². The fourth-order valence-electron chi connectivity index (χ4n) is 2.13. The Balaban J connectivity index is 2.26. The third-order valence-corrected chi connectivity index (χ3v) is 3.14. The fraction of sp³-hybridized carbons (Fsp3) is 0.400. The van der Waals surface area contributed by atoms with Gasteiger partial charge in [0.05, 0.1) is 24.9 Å². The second-order valence-electron chi connectivity index (χ2n) is 4.58. The van der Waals surface area contributed by atoms with Crippen LogP contribution in [0.4, 0.5) is 4.39 Å². The van der Waals surface area contributed by atoms with Gasteiger partial charge in [0.15, 0.2) is 0 Å². The number of morpholine rings is 1. The van der Waals surface area contributed by atoms with E-state index in [2.05, 4.69) is 11.8 Å². The largest absolute Gasteiger partial charge is 0.394 e. The molecule has 0 bridgehead atoms. The summed E-state index contributed by atoms with van der Waals surface area (Å²) in [6.07, 6.45) is -0.407.